The van der Waals surface area contributed by atoms with Gasteiger partial charge in [0.25, 0.3) is 0 Å². The number of rotatable bonds is 5. The van der Waals surface area contributed by atoms with Gasteiger partial charge in [0.05, 0.1) is 0 Å². The van der Waals surface area contributed by atoms with Gasteiger partial charge in [-0.2, -0.15) is 0 Å². The van der Waals surface area contributed by atoms with Gasteiger partial charge >= 0.3 is 0 Å². The molecule has 0 heterocycles. The van der Waals surface area contributed by atoms with Crippen LogP contribution in [0.5, 0.6) is 0 Å². The summed E-state index contributed by atoms with van der Waals surface area (Å²) in [6.45, 7) is 3.56. The molecule has 0 aromatic heterocycles. The molecule has 17 heavy (non-hydrogen) atoms. The Hall–Kier alpha value is -0.0800. The summed E-state index contributed by atoms with van der Waals surface area (Å²) in [5.41, 5.74) is 0. The second kappa shape index (κ2) is 6.75. The van der Waals surface area contributed by atoms with Crippen molar-refractivity contribution >= 4 is 0 Å². The van der Waals surface area contributed by atoms with E-state index < -0.39 is 0 Å². The molecule has 2 saturated carbocycles. The molecule has 0 bridgehead atoms. The minimum absolute atomic E-state index is 0.694. The molecule has 2 aliphatic carbocycles. The molecule has 0 aromatic carbocycles. The Morgan fingerprint density at radius 1 is 1.00 bits per heavy atom. The third-order valence-electron chi connectivity index (χ3n) is 4.90. The van der Waals surface area contributed by atoms with Crippen LogP contribution in [0.3, 0.4) is 0 Å². The predicted molar refractivity (Wildman–Crippen MR) is 74.4 cm³/mol. The Balaban J connectivity index is 1.66. The van der Waals surface area contributed by atoms with Crippen molar-refractivity contribution in [2.75, 3.05) is 13.6 Å². The maximum atomic E-state index is 3.78. The zero-order valence-corrected chi connectivity index (χ0v) is 11.8. The minimum Gasteiger partial charge on any atom is -0.312 e. The lowest BCUT2D eigenvalue weighted by Crippen LogP contribution is -2.45. The zero-order chi connectivity index (χ0) is 12.1. The van der Waals surface area contributed by atoms with Crippen molar-refractivity contribution in [3.63, 3.8) is 0 Å². The number of hydrogen-bond donors (Lipinski definition) is 1. The summed E-state index contributed by atoms with van der Waals surface area (Å²) in [7, 11) is 2.32. The first-order chi connectivity index (χ1) is 8.27. The van der Waals surface area contributed by atoms with Crippen LogP contribution in [-0.2, 0) is 0 Å². The molecule has 0 aliphatic heterocycles. The lowest BCUT2D eigenvalue weighted by molar-refractivity contribution is 0.176. The van der Waals surface area contributed by atoms with Crippen molar-refractivity contribution in [2.24, 2.45) is 0 Å². The van der Waals surface area contributed by atoms with Crippen molar-refractivity contribution in [3.05, 3.63) is 0 Å². The highest BCUT2D eigenvalue weighted by atomic mass is 15.2. The molecule has 1 N–H and O–H groups in total. The maximum absolute atomic E-state index is 3.78. The minimum atomic E-state index is 0.694. The van der Waals surface area contributed by atoms with E-state index in [1.165, 1.54) is 64.3 Å². The highest BCUT2D eigenvalue weighted by Crippen LogP contribution is 2.24. The average Bonchev–Trinajstić information content (AvgIpc) is 2.90. The molecule has 0 aromatic rings. The molecule has 2 nitrogen and oxygen atoms in total. The molecule has 2 aliphatic rings. The average molecular weight is 238 g/mol. The summed E-state index contributed by atoms with van der Waals surface area (Å²) >= 11 is 0. The number of nitrogens with one attached hydrogen (secondary N) is 1. The van der Waals surface area contributed by atoms with Crippen LogP contribution in [-0.4, -0.2) is 36.6 Å². The van der Waals surface area contributed by atoms with Gasteiger partial charge in [0.15, 0.2) is 0 Å². The molecule has 1 unspecified atom stereocenters. The second-order valence-corrected chi connectivity index (χ2v) is 6.20. The van der Waals surface area contributed by atoms with Crippen LogP contribution in [0.25, 0.3) is 0 Å². The van der Waals surface area contributed by atoms with Crippen molar-refractivity contribution in [2.45, 2.75) is 82.8 Å². The fourth-order valence-corrected chi connectivity index (χ4v) is 3.46. The fraction of sp³-hybridized carbons (Fsp3) is 1.00. The van der Waals surface area contributed by atoms with E-state index >= 15 is 0 Å². The van der Waals surface area contributed by atoms with E-state index in [1.54, 1.807) is 0 Å². The molecule has 0 saturated heterocycles. The van der Waals surface area contributed by atoms with Gasteiger partial charge in [-0.15, -0.1) is 0 Å². The normalized spacial score (nSPS) is 25.6. The molecular weight excluding hydrogens is 208 g/mol. The van der Waals surface area contributed by atoms with E-state index in [1.807, 2.05) is 0 Å². The topological polar surface area (TPSA) is 15.3 Å². The summed E-state index contributed by atoms with van der Waals surface area (Å²) in [6.07, 6.45) is 12.9. The molecule has 0 radical (unpaired) electrons. The van der Waals surface area contributed by atoms with Crippen molar-refractivity contribution in [3.8, 4) is 0 Å². The summed E-state index contributed by atoms with van der Waals surface area (Å²) in [4.78, 5) is 2.61. The Labute approximate surface area is 107 Å². The quantitative estimate of drug-likeness (QED) is 0.791. The summed E-state index contributed by atoms with van der Waals surface area (Å²) in [5.74, 6) is 0. The van der Waals surface area contributed by atoms with E-state index in [2.05, 4.69) is 24.2 Å². The third kappa shape index (κ3) is 3.96. The maximum Gasteiger partial charge on any atom is 0.0192 e. The predicted octanol–water partition coefficient (Wildman–Crippen LogP) is 3.17. The van der Waals surface area contributed by atoms with Crippen molar-refractivity contribution in [1.29, 1.82) is 0 Å². The monoisotopic (exact) mass is 238 g/mol. The largest absolute Gasteiger partial charge is 0.312 e. The highest BCUT2D eigenvalue weighted by molar-refractivity contribution is 4.81. The smallest absolute Gasteiger partial charge is 0.0192 e. The number of nitrogens with zero attached hydrogens (tertiary/aromatic N) is 1. The summed E-state index contributed by atoms with van der Waals surface area (Å²) in [6, 6.07) is 2.36. The van der Waals surface area contributed by atoms with E-state index in [0.717, 1.165) is 12.1 Å². The Morgan fingerprint density at radius 3 is 2.24 bits per heavy atom. The summed E-state index contributed by atoms with van der Waals surface area (Å²) < 4.78 is 0. The van der Waals surface area contributed by atoms with Gasteiger partial charge < -0.3 is 5.32 Å². The van der Waals surface area contributed by atoms with Gasteiger partial charge in [-0.25, -0.2) is 0 Å². The molecule has 0 amide bonds. The Kier molecular flexibility index (Phi) is 5.30. The number of hydrogen-bond acceptors (Lipinski definition) is 2. The van der Waals surface area contributed by atoms with Crippen LogP contribution >= 0.6 is 0 Å². The first-order valence-electron chi connectivity index (χ1n) is 7.72. The molecule has 2 rings (SSSR count). The molecule has 1 atom stereocenters. The lowest BCUT2D eigenvalue weighted by atomic mass is 9.95. The van der Waals surface area contributed by atoms with Crippen LogP contribution in [0.15, 0.2) is 0 Å². The van der Waals surface area contributed by atoms with Crippen LogP contribution in [0.2, 0.25) is 0 Å². The fourth-order valence-electron chi connectivity index (χ4n) is 3.46. The molecule has 2 fully saturated rings. The Morgan fingerprint density at radius 2 is 1.59 bits per heavy atom. The van der Waals surface area contributed by atoms with Crippen molar-refractivity contribution in [1.82, 2.24) is 10.2 Å². The molecular formula is C15H30N2. The molecule has 2 heteroatoms. The van der Waals surface area contributed by atoms with Gasteiger partial charge in [-0.1, -0.05) is 32.1 Å². The van der Waals surface area contributed by atoms with Crippen LogP contribution in [0.4, 0.5) is 0 Å². The van der Waals surface area contributed by atoms with Gasteiger partial charge in [0.2, 0.25) is 0 Å². The van der Waals surface area contributed by atoms with Crippen LogP contribution in [0.1, 0.15) is 64.7 Å². The van der Waals surface area contributed by atoms with Crippen LogP contribution < -0.4 is 5.32 Å². The van der Waals surface area contributed by atoms with Crippen molar-refractivity contribution < 1.29 is 0 Å². The number of likely N-dealkylation sites (N-methyl/N-ethyl adjacent to an activating group) is 1. The van der Waals surface area contributed by atoms with E-state index in [-0.39, 0.29) is 0 Å². The van der Waals surface area contributed by atoms with E-state index in [9.17, 15) is 0 Å². The Bertz CT molecular complexity index is 205. The van der Waals surface area contributed by atoms with Crippen LogP contribution in [0, 0.1) is 0 Å². The first-order valence-corrected chi connectivity index (χ1v) is 7.72. The molecule has 100 valence electrons. The van der Waals surface area contributed by atoms with E-state index in [0.29, 0.717) is 6.04 Å². The third-order valence-corrected chi connectivity index (χ3v) is 4.90. The van der Waals surface area contributed by atoms with Gasteiger partial charge in [-0.3, -0.25) is 4.90 Å². The second-order valence-electron chi connectivity index (χ2n) is 6.20. The van der Waals surface area contributed by atoms with Gasteiger partial charge in [-0.05, 0) is 39.7 Å². The lowest BCUT2D eigenvalue weighted by Gasteiger charge is -2.32. The SMILES string of the molecule is CC(CNC1CCCCC1)N(C)C1CCCC1. The standard InChI is InChI=1S/C15H30N2/c1-13(17(2)15-10-6-7-11-15)12-16-14-8-4-3-5-9-14/h13-16H,3-12H2,1-2H3. The van der Waals surface area contributed by atoms with Gasteiger partial charge in [0.1, 0.15) is 0 Å². The zero-order valence-electron chi connectivity index (χ0n) is 11.8. The summed E-state index contributed by atoms with van der Waals surface area (Å²) in [5, 5.41) is 3.78. The highest BCUT2D eigenvalue weighted by Gasteiger charge is 2.23. The first kappa shape index (κ1) is 13.4. The van der Waals surface area contributed by atoms with Gasteiger partial charge in [0, 0.05) is 24.7 Å². The molecule has 0 spiro atoms. The van der Waals surface area contributed by atoms with E-state index in [4.69, 9.17) is 0 Å².